The van der Waals surface area contributed by atoms with Crippen molar-refractivity contribution in [3.05, 3.63) is 95.5 Å². The number of nitrogens with one attached hydrogen (secondary N) is 2. The molecule has 3 aromatic rings. The molecule has 0 saturated carbocycles. The topological polar surface area (TPSA) is 70.6 Å². The molecule has 3 N–H and O–H groups in total. The van der Waals surface area contributed by atoms with E-state index >= 15 is 0 Å². The summed E-state index contributed by atoms with van der Waals surface area (Å²) in [6.07, 6.45) is 1.67. The van der Waals surface area contributed by atoms with Crippen LogP contribution < -0.4 is 21.0 Å². The second-order valence-corrected chi connectivity index (χ2v) is 14.8. The predicted molar refractivity (Wildman–Crippen MR) is 148 cm³/mol. The zero-order chi connectivity index (χ0) is 25.7. The van der Waals surface area contributed by atoms with Crippen LogP contribution >= 0.6 is 11.6 Å². The van der Waals surface area contributed by atoms with Gasteiger partial charge in [-0.2, -0.15) is 0 Å². The minimum Gasteiger partial charge on any atom is -0.424 e. The van der Waals surface area contributed by atoms with E-state index in [2.05, 4.69) is 48.7 Å². The van der Waals surface area contributed by atoms with Crippen molar-refractivity contribution in [1.29, 1.82) is 0 Å². The molecular formula is C29H35ClN2O3Si. The quantitative estimate of drug-likeness (QED) is 0.344. The van der Waals surface area contributed by atoms with E-state index in [1.165, 1.54) is 0 Å². The van der Waals surface area contributed by atoms with Crippen LogP contribution in [0.3, 0.4) is 0 Å². The fourth-order valence-electron chi connectivity index (χ4n) is 4.91. The fourth-order valence-corrected chi connectivity index (χ4v) is 8.76. The minimum absolute atomic E-state index is 0.127. The second-order valence-electron chi connectivity index (χ2n) is 10.5. The number of carbonyl (C=O) groups is 1. The van der Waals surface area contributed by atoms with Crippen molar-refractivity contribution in [3.8, 4) is 0 Å². The highest BCUT2D eigenvalue weighted by atomic mass is 35.5. The summed E-state index contributed by atoms with van der Waals surface area (Å²) in [4.78, 5) is 24.9. The van der Waals surface area contributed by atoms with Gasteiger partial charge in [0.05, 0.1) is 13.2 Å². The van der Waals surface area contributed by atoms with Crippen molar-refractivity contribution < 1.29 is 14.3 Å². The summed E-state index contributed by atoms with van der Waals surface area (Å²) in [6.45, 7) is 6.55. The molecule has 1 heterocycles. The summed E-state index contributed by atoms with van der Waals surface area (Å²) in [6, 6.07) is 27.4. The molecule has 1 saturated heterocycles. The van der Waals surface area contributed by atoms with Gasteiger partial charge in [0.15, 0.2) is 0 Å². The van der Waals surface area contributed by atoms with Gasteiger partial charge >= 0.3 is 6.03 Å². The van der Waals surface area contributed by atoms with Gasteiger partial charge in [0.25, 0.3) is 8.32 Å². The maximum atomic E-state index is 12.5. The molecule has 36 heavy (non-hydrogen) atoms. The third kappa shape index (κ3) is 5.84. The molecule has 0 atom stereocenters. The van der Waals surface area contributed by atoms with E-state index in [1.54, 1.807) is 0 Å². The van der Waals surface area contributed by atoms with Crippen LogP contribution in [0.15, 0.2) is 84.9 Å². The third-order valence-corrected chi connectivity index (χ3v) is 12.2. The van der Waals surface area contributed by atoms with Crippen molar-refractivity contribution in [2.45, 2.75) is 38.3 Å². The van der Waals surface area contributed by atoms with E-state index in [4.69, 9.17) is 16.3 Å². The van der Waals surface area contributed by atoms with Crippen molar-refractivity contribution in [3.63, 3.8) is 0 Å². The number of urea groups is 1. The summed E-state index contributed by atoms with van der Waals surface area (Å²) >= 11 is 5.93. The zero-order valence-corrected chi connectivity index (χ0v) is 22.7. The van der Waals surface area contributed by atoms with Crippen LogP contribution in [0.5, 0.6) is 0 Å². The molecule has 0 radical (unpaired) electrons. The first-order valence-corrected chi connectivity index (χ1v) is 14.7. The van der Waals surface area contributed by atoms with Crippen LogP contribution in [0.1, 0.15) is 32.3 Å². The largest absolute Gasteiger partial charge is 0.424 e. The number of benzene rings is 3. The highest BCUT2D eigenvalue weighted by molar-refractivity contribution is 6.98. The van der Waals surface area contributed by atoms with Crippen molar-refractivity contribution in [2.24, 2.45) is 5.41 Å². The average Bonchev–Trinajstić information content (AvgIpc) is 2.88. The molecule has 0 aliphatic carbocycles. The Morgan fingerprint density at radius 3 is 2.00 bits per heavy atom. The van der Waals surface area contributed by atoms with Gasteiger partial charge in [-0.05, 0) is 45.9 Å². The first kappa shape index (κ1) is 26.4. The van der Waals surface area contributed by atoms with Crippen LogP contribution in [-0.2, 0) is 11.3 Å². The summed E-state index contributed by atoms with van der Waals surface area (Å²) in [5.41, 5.74) is 0.862. The highest BCUT2D eigenvalue weighted by Gasteiger charge is 2.51. The lowest BCUT2D eigenvalue weighted by Gasteiger charge is -2.46. The van der Waals surface area contributed by atoms with Gasteiger partial charge in [-0.3, -0.25) is 0 Å². The van der Waals surface area contributed by atoms with E-state index in [0.717, 1.165) is 28.8 Å². The Balaban J connectivity index is 1.41. The van der Waals surface area contributed by atoms with Crippen molar-refractivity contribution in [2.75, 3.05) is 19.8 Å². The molecular weight excluding hydrogens is 488 g/mol. The Morgan fingerprint density at radius 1 is 0.944 bits per heavy atom. The van der Waals surface area contributed by atoms with Gasteiger partial charge in [-0.1, -0.05) is 98.2 Å². The fraction of sp³-hybridized carbons (Fsp3) is 0.345. The number of carbonyl (C=O) groups excluding carboxylic acids is 1. The molecule has 0 spiro atoms. The van der Waals surface area contributed by atoms with Gasteiger partial charge in [0.2, 0.25) is 0 Å². The lowest BCUT2D eigenvalue weighted by Crippen LogP contribution is -2.65. The first-order chi connectivity index (χ1) is 17.2. The zero-order valence-electron chi connectivity index (χ0n) is 21.0. The normalized spacial score (nSPS) is 15.1. The minimum atomic E-state index is -3.07. The summed E-state index contributed by atoms with van der Waals surface area (Å²) in [7, 11) is -3.07. The molecule has 0 unspecified atom stereocenters. The second kappa shape index (κ2) is 11.2. The van der Waals surface area contributed by atoms with E-state index < -0.39 is 8.32 Å². The molecule has 2 amide bonds. The number of amides is 2. The predicted octanol–water partition coefficient (Wildman–Crippen LogP) is 4.47. The van der Waals surface area contributed by atoms with Crippen LogP contribution in [0, 0.1) is 5.41 Å². The Labute approximate surface area is 220 Å². The van der Waals surface area contributed by atoms with E-state index in [-0.39, 0.29) is 16.5 Å². The highest BCUT2D eigenvalue weighted by Crippen LogP contribution is 2.44. The molecule has 1 fully saturated rings. The van der Waals surface area contributed by atoms with Crippen LogP contribution in [0.4, 0.5) is 4.79 Å². The maximum Gasteiger partial charge on any atom is 0.315 e. The summed E-state index contributed by atoms with van der Waals surface area (Å²) in [5.74, 6) is 0. The van der Waals surface area contributed by atoms with Gasteiger partial charge in [-0.25, -0.2) is 4.79 Å². The monoisotopic (exact) mass is 522 g/mol. The Kier molecular flexibility index (Phi) is 8.20. The van der Waals surface area contributed by atoms with Gasteiger partial charge < -0.3 is 20.2 Å². The molecule has 3 aromatic carbocycles. The molecule has 4 rings (SSSR count). The molecule has 0 aromatic heterocycles. The smallest absolute Gasteiger partial charge is 0.315 e. The number of ether oxygens (including phenoxy) is 1. The van der Waals surface area contributed by atoms with Crippen molar-refractivity contribution in [1.82, 2.24) is 10.6 Å². The summed E-state index contributed by atoms with van der Waals surface area (Å²) < 4.78 is 5.60. The molecule has 5 nitrogen and oxygen atoms in total. The van der Waals surface area contributed by atoms with Crippen molar-refractivity contribution >= 4 is 36.3 Å². The van der Waals surface area contributed by atoms with E-state index in [0.29, 0.717) is 31.3 Å². The Bertz CT molecular complexity index is 1100. The SMILES string of the molecule is CC(C)(CCC1(CNC(=O)NCc2ccc(Cl)cc2)COC1)[Si](O)(c1ccccc1)c1ccccc1. The number of halogens is 1. The van der Waals surface area contributed by atoms with E-state index in [1.807, 2.05) is 60.7 Å². The van der Waals surface area contributed by atoms with E-state index in [9.17, 15) is 9.59 Å². The number of rotatable bonds is 10. The number of hydrogen-bond donors (Lipinski definition) is 3. The lowest BCUT2D eigenvalue weighted by atomic mass is 9.79. The lowest BCUT2D eigenvalue weighted by molar-refractivity contribution is -0.115. The van der Waals surface area contributed by atoms with Crippen LogP contribution in [0.2, 0.25) is 10.1 Å². The molecule has 0 bridgehead atoms. The van der Waals surface area contributed by atoms with Crippen LogP contribution in [-0.4, -0.2) is 38.9 Å². The maximum absolute atomic E-state index is 12.5. The third-order valence-electron chi connectivity index (χ3n) is 7.45. The van der Waals surface area contributed by atoms with Gasteiger partial charge in [0, 0.05) is 23.5 Å². The standard InChI is InChI=1S/C29H35ClN2O3Si/c1-28(2,36(34,25-9-5-3-6-10-25)26-11-7-4-8-12-26)17-18-29(21-35-22-29)20-32-27(33)31-19-23-13-15-24(30)16-14-23/h3-16,34H,17-22H2,1-2H3,(H2,31,32,33). The number of hydrogen-bond acceptors (Lipinski definition) is 3. The first-order valence-electron chi connectivity index (χ1n) is 12.4. The Morgan fingerprint density at radius 2 is 1.50 bits per heavy atom. The molecule has 1 aliphatic heterocycles. The molecule has 190 valence electrons. The van der Waals surface area contributed by atoms with Crippen LogP contribution in [0.25, 0.3) is 0 Å². The average molecular weight is 523 g/mol. The van der Waals surface area contributed by atoms with Gasteiger partial charge in [0.1, 0.15) is 0 Å². The van der Waals surface area contributed by atoms with Gasteiger partial charge in [-0.15, -0.1) is 0 Å². The molecule has 7 heteroatoms. The Hall–Kier alpha value is -2.64. The molecule has 1 aliphatic rings. The summed E-state index contributed by atoms with van der Waals surface area (Å²) in [5, 5.41) is 8.31.